The molecule has 0 radical (unpaired) electrons. The van der Waals surface area contributed by atoms with E-state index in [-0.39, 0.29) is 11.7 Å². The van der Waals surface area contributed by atoms with Crippen molar-refractivity contribution in [2.75, 3.05) is 10.7 Å². The zero-order valence-electron chi connectivity index (χ0n) is 18.0. The summed E-state index contributed by atoms with van der Waals surface area (Å²) in [6.07, 6.45) is 2.88. The van der Waals surface area contributed by atoms with Crippen molar-refractivity contribution < 1.29 is 9.18 Å². The van der Waals surface area contributed by atoms with E-state index >= 15 is 0 Å². The minimum atomic E-state index is -0.240. The maximum atomic E-state index is 13.2. The Labute approximate surface area is 195 Å². The SMILES string of the molecule is Cc1ccc2sc(N(Cc3ccccn3)C(=O)CCCSc3ccc(F)cc3)nc2c1C. The maximum absolute atomic E-state index is 13.2. The summed E-state index contributed by atoms with van der Waals surface area (Å²) in [6.45, 7) is 4.53. The van der Waals surface area contributed by atoms with E-state index in [0.29, 0.717) is 18.1 Å². The number of carbonyl (C=O) groups is 1. The van der Waals surface area contributed by atoms with Crippen LogP contribution in [0.1, 0.15) is 29.7 Å². The number of fused-ring (bicyclic) bond motifs is 1. The topological polar surface area (TPSA) is 46.1 Å². The number of halogens is 1. The first kappa shape index (κ1) is 22.4. The monoisotopic (exact) mass is 465 g/mol. The molecular formula is C25H24FN3OS2. The zero-order valence-corrected chi connectivity index (χ0v) is 19.7. The molecule has 2 aromatic heterocycles. The quantitative estimate of drug-likeness (QED) is 0.219. The minimum Gasteiger partial charge on any atom is -0.282 e. The number of anilines is 1. The Morgan fingerprint density at radius 1 is 1.09 bits per heavy atom. The summed E-state index contributed by atoms with van der Waals surface area (Å²) in [5, 5.41) is 0.704. The first-order valence-corrected chi connectivity index (χ1v) is 12.3. The predicted molar refractivity (Wildman–Crippen MR) is 131 cm³/mol. The molecule has 0 aliphatic carbocycles. The fraction of sp³-hybridized carbons (Fsp3) is 0.240. The summed E-state index contributed by atoms with van der Waals surface area (Å²) in [5.41, 5.74) is 4.12. The molecule has 32 heavy (non-hydrogen) atoms. The molecule has 0 atom stereocenters. The highest BCUT2D eigenvalue weighted by Gasteiger charge is 2.21. The second-order valence-electron chi connectivity index (χ2n) is 7.56. The average molecular weight is 466 g/mol. The van der Waals surface area contributed by atoms with Gasteiger partial charge in [-0.25, -0.2) is 9.37 Å². The number of carbonyl (C=O) groups excluding carboxylic acids is 1. The number of hydrogen-bond donors (Lipinski definition) is 0. The van der Waals surface area contributed by atoms with E-state index < -0.39 is 0 Å². The first-order chi connectivity index (χ1) is 15.5. The smallest absolute Gasteiger partial charge is 0.229 e. The van der Waals surface area contributed by atoms with Crippen LogP contribution < -0.4 is 4.90 Å². The number of pyridine rings is 1. The van der Waals surface area contributed by atoms with Crippen LogP contribution in [0.2, 0.25) is 0 Å². The van der Waals surface area contributed by atoms with Crippen molar-refractivity contribution in [2.45, 2.75) is 38.1 Å². The van der Waals surface area contributed by atoms with Gasteiger partial charge >= 0.3 is 0 Å². The van der Waals surface area contributed by atoms with E-state index in [0.717, 1.165) is 38.5 Å². The van der Waals surface area contributed by atoms with Crippen LogP contribution in [0, 0.1) is 19.7 Å². The highest BCUT2D eigenvalue weighted by Crippen LogP contribution is 2.33. The third-order valence-corrected chi connectivity index (χ3v) is 7.41. The van der Waals surface area contributed by atoms with Gasteiger partial charge in [0.1, 0.15) is 5.82 Å². The lowest BCUT2D eigenvalue weighted by Crippen LogP contribution is -2.30. The normalized spacial score (nSPS) is 11.1. The fourth-order valence-electron chi connectivity index (χ4n) is 3.33. The molecule has 164 valence electrons. The first-order valence-electron chi connectivity index (χ1n) is 10.5. The second kappa shape index (κ2) is 10.2. The molecule has 0 aliphatic rings. The summed E-state index contributed by atoms with van der Waals surface area (Å²) in [4.78, 5) is 25.2. The van der Waals surface area contributed by atoms with Gasteiger partial charge in [0, 0.05) is 17.5 Å². The number of amides is 1. The van der Waals surface area contributed by atoms with Gasteiger partial charge in [-0.15, -0.1) is 11.8 Å². The third kappa shape index (κ3) is 5.34. The molecular weight excluding hydrogens is 441 g/mol. The van der Waals surface area contributed by atoms with Gasteiger partial charge in [-0.1, -0.05) is 23.5 Å². The van der Waals surface area contributed by atoms with Crippen LogP contribution in [0.3, 0.4) is 0 Å². The van der Waals surface area contributed by atoms with Crippen LogP contribution in [0.5, 0.6) is 0 Å². The van der Waals surface area contributed by atoms with Crippen molar-refractivity contribution >= 4 is 44.4 Å². The van der Waals surface area contributed by atoms with Gasteiger partial charge in [0.2, 0.25) is 5.91 Å². The van der Waals surface area contributed by atoms with Crippen molar-refractivity contribution in [3.05, 3.63) is 83.4 Å². The molecule has 2 aromatic carbocycles. The van der Waals surface area contributed by atoms with Gasteiger partial charge in [0.25, 0.3) is 0 Å². The van der Waals surface area contributed by atoms with E-state index in [1.807, 2.05) is 18.2 Å². The summed E-state index contributed by atoms with van der Waals surface area (Å²) in [5.74, 6) is 0.576. The standard InChI is InChI=1S/C25H24FN3OS2/c1-17-8-13-22-24(18(17)2)28-25(32-22)29(16-20-6-3-4-14-27-20)23(30)7-5-15-31-21-11-9-19(26)10-12-21/h3-4,6,8-14H,5,7,15-16H2,1-2H3. The van der Waals surface area contributed by atoms with Crippen molar-refractivity contribution in [1.82, 2.24) is 9.97 Å². The lowest BCUT2D eigenvalue weighted by molar-refractivity contribution is -0.118. The lowest BCUT2D eigenvalue weighted by atomic mass is 10.1. The van der Waals surface area contributed by atoms with Gasteiger partial charge in [0.15, 0.2) is 5.13 Å². The van der Waals surface area contributed by atoms with Gasteiger partial charge in [-0.3, -0.25) is 14.7 Å². The number of thiazole rings is 1. The van der Waals surface area contributed by atoms with Crippen LogP contribution in [0.4, 0.5) is 9.52 Å². The Bertz CT molecular complexity index is 1210. The lowest BCUT2D eigenvalue weighted by Gasteiger charge is -2.19. The van der Waals surface area contributed by atoms with E-state index in [4.69, 9.17) is 4.98 Å². The van der Waals surface area contributed by atoms with E-state index in [1.165, 1.54) is 29.0 Å². The van der Waals surface area contributed by atoms with Crippen LogP contribution >= 0.6 is 23.1 Å². The number of aromatic nitrogens is 2. The highest BCUT2D eigenvalue weighted by atomic mass is 32.2. The molecule has 0 saturated carbocycles. The van der Waals surface area contributed by atoms with Crippen molar-refractivity contribution in [3.63, 3.8) is 0 Å². The Hall–Kier alpha value is -2.77. The molecule has 1 amide bonds. The summed E-state index contributed by atoms with van der Waals surface area (Å²) in [6, 6.07) is 16.3. The molecule has 7 heteroatoms. The predicted octanol–water partition coefficient (Wildman–Crippen LogP) is 6.55. The van der Waals surface area contributed by atoms with Gasteiger partial charge in [-0.05, 0) is 79.6 Å². The Morgan fingerprint density at radius 2 is 1.91 bits per heavy atom. The molecule has 0 saturated heterocycles. The fourth-order valence-corrected chi connectivity index (χ4v) is 5.22. The number of hydrogen-bond acceptors (Lipinski definition) is 5. The molecule has 4 rings (SSSR count). The molecule has 4 aromatic rings. The molecule has 0 N–H and O–H groups in total. The molecule has 2 heterocycles. The Balaban J connectivity index is 1.49. The van der Waals surface area contributed by atoms with Gasteiger partial charge in [-0.2, -0.15) is 0 Å². The van der Waals surface area contributed by atoms with Crippen LogP contribution in [-0.2, 0) is 11.3 Å². The minimum absolute atomic E-state index is 0.0313. The largest absolute Gasteiger partial charge is 0.282 e. The maximum Gasteiger partial charge on any atom is 0.229 e. The van der Waals surface area contributed by atoms with Gasteiger partial charge < -0.3 is 0 Å². The van der Waals surface area contributed by atoms with E-state index in [2.05, 4.69) is 31.0 Å². The van der Waals surface area contributed by atoms with Crippen LogP contribution in [0.15, 0.2) is 65.7 Å². The molecule has 0 bridgehead atoms. The molecule has 0 spiro atoms. The third-order valence-electron chi connectivity index (χ3n) is 5.27. The molecule has 0 aliphatic heterocycles. The molecule has 0 unspecified atom stereocenters. The Kier molecular flexibility index (Phi) is 7.17. The number of benzene rings is 2. The zero-order chi connectivity index (χ0) is 22.5. The summed E-state index contributed by atoms with van der Waals surface area (Å²) >= 11 is 3.17. The van der Waals surface area contributed by atoms with E-state index in [9.17, 15) is 9.18 Å². The van der Waals surface area contributed by atoms with Crippen LogP contribution in [-0.4, -0.2) is 21.6 Å². The van der Waals surface area contributed by atoms with Crippen molar-refractivity contribution in [3.8, 4) is 0 Å². The number of nitrogens with zero attached hydrogens (tertiary/aromatic N) is 3. The molecule has 0 fully saturated rings. The average Bonchev–Trinajstić information content (AvgIpc) is 3.24. The van der Waals surface area contributed by atoms with Crippen LogP contribution in [0.25, 0.3) is 10.2 Å². The van der Waals surface area contributed by atoms with E-state index in [1.54, 1.807) is 35.0 Å². The highest BCUT2D eigenvalue weighted by molar-refractivity contribution is 7.99. The molecule has 4 nitrogen and oxygen atoms in total. The van der Waals surface area contributed by atoms with Crippen molar-refractivity contribution in [2.24, 2.45) is 0 Å². The van der Waals surface area contributed by atoms with Gasteiger partial charge in [0.05, 0.1) is 22.5 Å². The Morgan fingerprint density at radius 3 is 2.66 bits per heavy atom. The number of thioether (sulfide) groups is 1. The number of rotatable bonds is 8. The van der Waals surface area contributed by atoms with Crippen molar-refractivity contribution in [1.29, 1.82) is 0 Å². The summed E-state index contributed by atoms with van der Waals surface area (Å²) < 4.78 is 14.1. The summed E-state index contributed by atoms with van der Waals surface area (Å²) in [7, 11) is 0. The number of aryl methyl sites for hydroxylation is 2. The second-order valence-corrected chi connectivity index (χ2v) is 9.73.